The number of rotatable bonds is 4. The van der Waals surface area contributed by atoms with Crippen molar-refractivity contribution in [2.75, 3.05) is 19.6 Å². The zero-order chi connectivity index (χ0) is 14.3. The van der Waals surface area contributed by atoms with Gasteiger partial charge in [-0.2, -0.15) is 0 Å². The molecule has 112 valence electrons. The van der Waals surface area contributed by atoms with Gasteiger partial charge in [-0.25, -0.2) is 4.98 Å². The molecular formula is C16H27N3S. The van der Waals surface area contributed by atoms with E-state index in [1.165, 1.54) is 48.1 Å². The molecule has 2 aliphatic rings. The Balaban J connectivity index is 2.00. The summed E-state index contributed by atoms with van der Waals surface area (Å²) in [7, 11) is 0. The first-order chi connectivity index (χ1) is 9.55. The Kier molecular flexibility index (Phi) is 3.91. The largest absolute Gasteiger partial charge is 0.303 e. The minimum atomic E-state index is 0.129. The van der Waals surface area contributed by atoms with Crippen molar-refractivity contribution < 1.29 is 0 Å². The van der Waals surface area contributed by atoms with Crippen LogP contribution >= 0.6 is 11.3 Å². The zero-order valence-corrected chi connectivity index (χ0v) is 14.0. The van der Waals surface area contributed by atoms with Crippen LogP contribution < -0.4 is 5.32 Å². The van der Waals surface area contributed by atoms with Gasteiger partial charge < -0.3 is 10.2 Å². The van der Waals surface area contributed by atoms with E-state index < -0.39 is 0 Å². The van der Waals surface area contributed by atoms with Crippen LogP contribution in [0.3, 0.4) is 0 Å². The number of nitrogens with one attached hydrogen (secondary N) is 1. The maximum Gasteiger partial charge on any atom is 0.114 e. The molecule has 0 aromatic carbocycles. The maximum absolute atomic E-state index is 5.03. The fourth-order valence-electron chi connectivity index (χ4n) is 3.97. The molecule has 3 nitrogen and oxygen atoms in total. The average Bonchev–Trinajstić information content (AvgIpc) is 2.98. The van der Waals surface area contributed by atoms with Crippen molar-refractivity contribution in [2.45, 2.75) is 58.5 Å². The Morgan fingerprint density at radius 1 is 1.45 bits per heavy atom. The Morgan fingerprint density at radius 3 is 2.90 bits per heavy atom. The quantitative estimate of drug-likeness (QED) is 0.925. The topological polar surface area (TPSA) is 28.2 Å². The minimum absolute atomic E-state index is 0.129. The predicted octanol–water partition coefficient (Wildman–Crippen LogP) is 2.93. The van der Waals surface area contributed by atoms with Gasteiger partial charge in [0, 0.05) is 24.0 Å². The van der Waals surface area contributed by atoms with Crippen LogP contribution in [-0.4, -0.2) is 35.6 Å². The number of aryl methyl sites for hydroxylation is 2. The van der Waals surface area contributed by atoms with Gasteiger partial charge in [-0.15, -0.1) is 11.3 Å². The Labute approximate surface area is 126 Å². The highest BCUT2D eigenvalue weighted by atomic mass is 32.1. The molecule has 1 N–H and O–H groups in total. The molecule has 0 spiro atoms. The van der Waals surface area contributed by atoms with Crippen LogP contribution in [-0.2, 0) is 12.0 Å². The number of hydrogen-bond donors (Lipinski definition) is 1. The van der Waals surface area contributed by atoms with E-state index >= 15 is 0 Å². The summed E-state index contributed by atoms with van der Waals surface area (Å²) in [5.41, 5.74) is 1.43. The number of nitrogens with zero attached hydrogens (tertiary/aromatic N) is 2. The third kappa shape index (κ3) is 2.32. The number of fused-ring (bicyclic) bond motifs is 2. The second-order valence-electron chi connectivity index (χ2n) is 6.68. The van der Waals surface area contributed by atoms with Gasteiger partial charge in [0.15, 0.2) is 0 Å². The fourth-order valence-corrected chi connectivity index (χ4v) is 5.24. The number of piperidine rings is 1. The number of aromatic nitrogens is 1. The van der Waals surface area contributed by atoms with E-state index in [1.807, 2.05) is 11.3 Å². The van der Waals surface area contributed by atoms with Crippen molar-refractivity contribution >= 4 is 11.3 Å². The summed E-state index contributed by atoms with van der Waals surface area (Å²) in [5, 5.41) is 5.28. The second kappa shape index (κ2) is 5.39. The maximum atomic E-state index is 5.03. The zero-order valence-electron chi connectivity index (χ0n) is 13.2. The van der Waals surface area contributed by atoms with Gasteiger partial charge in [-0.1, -0.05) is 6.92 Å². The van der Waals surface area contributed by atoms with Crippen molar-refractivity contribution in [1.29, 1.82) is 0 Å². The van der Waals surface area contributed by atoms with Gasteiger partial charge in [0.1, 0.15) is 5.01 Å². The van der Waals surface area contributed by atoms with E-state index in [0.29, 0.717) is 6.04 Å². The van der Waals surface area contributed by atoms with Crippen molar-refractivity contribution in [3.05, 3.63) is 15.6 Å². The van der Waals surface area contributed by atoms with Gasteiger partial charge in [0.2, 0.25) is 0 Å². The molecule has 3 heterocycles. The van der Waals surface area contributed by atoms with E-state index in [0.717, 1.165) is 12.3 Å². The minimum Gasteiger partial charge on any atom is -0.303 e. The van der Waals surface area contributed by atoms with Crippen molar-refractivity contribution in [2.24, 2.45) is 5.92 Å². The molecule has 20 heavy (non-hydrogen) atoms. The smallest absolute Gasteiger partial charge is 0.114 e. The van der Waals surface area contributed by atoms with Gasteiger partial charge in [-0.05, 0) is 52.5 Å². The molecule has 1 aromatic rings. The first-order valence-corrected chi connectivity index (χ1v) is 8.83. The summed E-state index contributed by atoms with van der Waals surface area (Å²) in [4.78, 5) is 9.06. The molecule has 4 heteroatoms. The normalized spacial score (nSPS) is 33.0. The van der Waals surface area contributed by atoms with Crippen molar-refractivity contribution in [1.82, 2.24) is 15.2 Å². The standard InChI is InChI=1S/C16H27N3S/c1-5-14-12(4)20-15(17-14)16(18-11(2)3)7-9-19-8-6-13(16)10-19/h11,13,18H,5-10H2,1-4H3. The highest BCUT2D eigenvalue weighted by Gasteiger charge is 2.49. The first-order valence-electron chi connectivity index (χ1n) is 8.02. The monoisotopic (exact) mass is 293 g/mol. The molecule has 2 aliphatic heterocycles. The third-order valence-corrected chi connectivity index (χ3v) is 6.14. The Bertz CT molecular complexity index is 482. The highest BCUT2D eigenvalue weighted by Crippen LogP contribution is 2.45. The summed E-state index contributed by atoms with van der Waals surface area (Å²) in [6.07, 6.45) is 3.59. The lowest BCUT2D eigenvalue weighted by atomic mass is 9.78. The van der Waals surface area contributed by atoms with Crippen molar-refractivity contribution in [3.63, 3.8) is 0 Å². The molecule has 0 radical (unpaired) electrons. The number of hydrogen-bond acceptors (Lipinski definition) is 4. The van der Waals surface area contributed by atoms with E-state index in [1.54, 1.807) is 0 Å². The summed E-state index contributed by atoms with van der Waals surface area (Å²) < 4.78 is 0. The predicted molar refractivity (Wildman–Crippen MR) is 85.3 cm³/mol. The first kappa shape index (κ1) is 14.5. The van der Waals surface area contributed by atoms with E-state index in [4.69, 9.17) is 4.98 Å². The van der Waals surface area contributed by atoms with E-state index in [9.17, 15) is 0 Å². The van der Waals surface area contributed by atoms with Crippen LogP contribution in [0.25, 0.3) is 0 Å². The van der Waals surface area contributed by atoms with Crippen LogP contribution in [0.5, 0.6) is 0 Å². The molecule has 0 aliphatic carbocycles. The molecule has 3 atom stereocenters. The third-order valence-electron chi connectivity index (χ3n) is 4.95. The van der Waals surface area contributed by atoms with Gasteiger partial charge >= 0.3 is 0 Å². The molecule has 1 aromatic heterocycles. The second-order valence-corrected chi connectivity index (χ2v) is 7.89. The van der Waals surface area contributed by atoms with Gasteiger partial charge in [0.25, 0.3) is 0 Å². The van der Waals surface area contributed by atoms with Crippen LogP contribution in [0.2, 0.25) is 0 Å². The Morgan fingerprint density at radius 2 is 2.25 bits per heavy atom. The SMILES string of the molecule is CCc1nc(C2(NC(C)C)CCN3CCC2C3)sc1C. The van der Waals surface area contributed by atoms with E-state index in [-0.39, 0.29) is 5.54 Å². The van der Waals surface area contributed by atoms with Crippen LogP contribution in [0.15, 0.2) is 0 Å². The van der Waals surface area contributed by atoms with Gasteiger partial charge in [-0.3, -0.25) is 0 Å². The molecular weight excluding hydrogens is 266 g/mol. The van der Waals surface area contributed by atoms with Crippen LogP contribution in [0.4, 0.5) is 0 Å². The Hall–Kier alpha value is -0.450. The van der Waals surface area contributed by atoms with Gasteiger partial charge in [0.05, 0.1) is 11.2 Å². The lowest BCUT2D eigenvalue weighted by Crippen LogP contribution is -2.55. The molecule has 3 rings (SSSR count). The molecule has 0 amide bonds. The average molecular weight is 293 g/mol. The molecule has 0 saturated carbocycles. The molecule has 2 fully saturated rings. The highest BCUT2D eigenvalue weighted by molar-refractivity contribution is 7.11. The van der Waals surface area contributed by atoms with E-state index in [2.05, 4.69) is 37.9 Å². The number of thiazole rings is 1. The summed E-state index contributed by atoms with van der Waals surface area (Å²) >= 11 is 1.93. The molecule has 2 bridgehead atoms. The summed E-state index contributed by atoms with van der Waals surface area (Å²) in [6.45, 7) is 12.7. The summed E-state index contributed by atoms with van der Waals surface area (Å²) in [6, 6.07) is 0.511. The van der Waals surface area contributed by atoms with Crippen LogP contribution in [0.1, 0.15) is 49.2 Å². The lowest BCUT2D eigenvalue weighted by Gasteiger charge is -2.43. The molecule has 2 saturated heterocycles. The fraction of sp³-hybridized carbons (Fsp3) is 0.812. The van der Waals surface area contributed by atoms with Crippen molar-refractivity contribution in [3.8, 4) is 0 Å². The lowest BCUT2D eigenvalue weighted by molar-refractivity contribution is 0.120. The summed E-state index contributed by atoms with van der Waals surface area (Å²) in [5.74, 6) is 0.730. The van der Waals surface area contributed by atoms with Crippen LogP contribution in [0, 0.1) is 12.8 Å². The molecule has 3 unspecified atom stereocenters.